The summed E-state index contributed by atoms with van der Waals surface area (Å²) in [6.45, 7) is 0. The van der Waals surface area contributed by atoms with E-state index < -0.39 is 5.91 Å². The molecule has 0 radical (unpaired) electrons. The molecule has 0 bridgehead atoms. The van der Waals surface area contributed by atoms with Gasteiger partial charge in [0.15, 0.2) is 0 Å². The Morgan fingerprint density at radius 3 is 2.03 bits per heavy atom. The molecule has 0 fully saturated rings. The van der Waals surface area contributed by atoms with E-state index in [2.05, 4.69) is 10.6 Å². The van der Waals surface area contributed by atoms with Crippen LogP contribution in [0.2, 0.25) is 10.0 Å². The van der Waals surface area contributed by atoms with E-state index in [1.165, 1.54) is 20.3 Å². The number of hydrogen-bond donors (Lipinski definition) is 2. The molecular weight excluding hydrogens is 451 g/mol. The number of anilines is 2. The molecule has 0 saturated carbocycles. The van der Waals surface area contributed by atoms with Crippen LogP contribution in [0.3, 0.4) is 0 Å². The van der Waals surface area contributed by atoms with E-state index in [1.807, 2.05) is 6.07 Å². The number of carbonyl (C=O) groups excluding carboxylic acids is 2. The summed E-state index contributed by atoms with van der Waals surface area (Å²) in [7, 11) is 2.93. The molecule has 3 aromatic rings. The van der Waals surface area contributed by atoms with Gasteiger partial charge in [0.05, 0.1) is 35.6 Å². The van der Waals surface area contributed by atoms with E-state index in [1.54, 1.807) is 60.7 Å². The zero-order valence-electron chi connectivity index (χ0n) is 17.3. The molecule has 0 aromatic heterocycles. The number of halogens is 2. The molecule has 0 saturated heterocycles. The Balaban J connectivity index is 1.79. The van der Waals surface area contributed by atoms with E-state index in [0.29, 0.717) is 38.5 Å². The Hall–Kier alpha value is -3.48. The van der Waals surface area contributed by atoms with E-state index in [0.717, 1.165) is 5.56 Å². The van der Waals surface area contributed by atoms with E-state index in [4.69, 9.17) is 32.7 Å². The molecule has 0 atom stereocenters. The Morgan fingerprint density at radius 1 is 0.812 bits per heavy atom. The second kappa shape index (κ2) is 10.7. The highest BCUT2D eigenvalue weighted by Gasteiger charge is 2.15. The van der Waals surface area contributed by atoms with Crippen LogP contribution in [0.25, 0.3) is 6.08 Å². The maximum atomic E-state index is 12.5. The first-order chi connectivity index (χ1) is 15.4. The summed E-state index contributed by atoms with van der Waals surface area (Å²) in [5, 5.41) is 6.37. The molecule has 0 heterocycles. The van der Waals surface area contributed by atoms with Crippen molar-refractivity contribution in [2.45, 2.75) is 0 Å². The van der Waals surface area contributed by atoms with Gasteiger partial charge >= 0.3 is 0 Å². The van der Waals surface area contributed by atoms with Gasteiger partial charge in [0, 0.05) is 23.8 Å². The SMILES string of the molecule is COc1cc(NC(=O)c2ccccc2)c(OC)cc1NC(=O)/C=C/c1ccc(Cl)c(Cl)c1. The molecule has 0 aliphatic rings. The molecule has 3 aromatic carbocycles. The third-order valence-electron chi connectivity index (χ3n) is 4.43. The monoisotopic (exact) mass is 470 g/mol. The number of hydrogen-bond acceptors (Lipinski definition) is 4. The molecular formula is C24H20Cl2N2O4. The van der Waals surface area contributed by atoms with Gasteiger partial charge in [0.25, 0.3) is 5.91 Å². The predicted octanol–water partition coefficient (Wildman–Crippen LogP) is 5.91. The summed E-state index contributed by atoms with van der Waals surface area (Å²) in [5.74, 6) is 0.0223. The van der Waals surface area contributed by atoms with Crippen molar-refractivity contribution in [3.63, 3.8) is 0 Å². The Bertz CT molecular complexity index is 1160. The van der Waals surface area contributed by atoms with Crippen molar-refractivity contribution in [3.8, 4) is 11.5 Å². The van der Waals surface area contributed by atoms with Crippen molar-refractivity contribution in [2.75, 3.05) is 24.9 Å². The van der Waals surface area contributed by atoms with Gasteiger partial charge in [-0.05, 0) is 35.9 Å². The Kier molecular flexibility index (Phi) is 7.76. The van der Waals surface area contributed by atoms with Gasteiger partial charge in [0.2, 0.25) is 5.91 Å². The summed E-state index contributed by atoms with van der Waals surface area (Å²) in [6.07, 6.45) is 2.96. The molecule has 32 heavy (non-hydrogen) atoms. The first kappa shape index (κ1) is 23.2. The molecule has 0 aliphatic carbocycles. The molecule has 3 rings (SSSR count). The summed E-state index contributed by atoms with van der Waals surface area (Å²) in [5.41, 5.74) is 2.00. The second-order valence-corrected chi connectivity index (χ2v) is 7.38. The average Bonchev–Trinajstić information content (AvgIpc) is 2.81. The molecule has 0 spiro atoms. The Labute approximate surface area is 195 Å². The van der Waals surface area contributed by atoms with Crippen LogP contribution in [0.15, 0.2) is 66.7 Å². The van der Waals surface area contributed by atoms with Crippen LogP contribution in [0.1, 0.15) is 15.9 Å². The minimum Gasteiger partial charge on any atom is -0.494 e. The third kappa shape index (κ3) is 5.81. The molecule has 2 amide bonds. The van der Waals surface area contributed by atoms with Crippen molar-refractivity contribution in [3.05, 3.63) is 87.9 Å². The number of benzene rings is 3. The summed E-state index contributed by atoms with van der Waals surface area (Å²) in [6, 6.07) is 17.0. The van der Waals surface area contributed by atoms with Gasteiger partial charge in [-0.1, -0.05) is 47.5 Å². The Morgan fingerprint density at radius 2 is 1.44 bits per heavy atom. The number of rotatable bonds is 7. The van der Waals surface area contributed by atoms with Gasteiger partial charge in [-0.3, -0.25) is 9.59 Å². The van der Waals surface area contributed by atoms with Gasteiger partial charge in [-0.25, -0.2) is 0 Å². The second-order valence-electron chi connectivity index (χ2n) is 6.57. The third-order valence-corrected chi connectivity index (χ3v) is 5.17. The molecule has 8 heteroatoms. The fourth-order valence-electron chi connectivity index (χ4n) is 2.84. The first-order valence-electron chi connectivity index (χ1n) is 9.48. The predicted molar refractivity (Wildman–Crippen MR) is 128 cm³/mol. The maximum absolute atomic E-state index is 12.5. The molecule has 6 nitrogen and oxygen atoms in total. The lowest BCUT2D eigenvalue weighted by atomic mass is 10.2. The van der Waals surface area contributed by atoms with Crippen LogP contribution in [0, 0.1) is 0 Å². The van der Waals surface area contributed by atoms with Crippen LogP contribution >= 0.6 is 23.2 Å². The smallest absolute Gasteiger partial charge is 0.255 e. The fourth-order valence-corrected chi connectivity index (χ4v) is 3.15. The summed E-state index contributed by atoms with van der Waals surface area (Å²) >= 11 is 11.9. The minimum absolute atomic E-state index is 0.299. The lowest BCUT2D eigenvalue weighted by molar-refractivity contribution is -0.111. The van der Waals surface area contributed by atoms with E-state index in [-0.39, 0.29) is 5.91 Å². The topological polar surface area (TPSA) is 76.7 Å². The quantitative estimate of drug-likeness (QED) is 0.420. The average molecular weight is 471 g/mol. The first-order valence-corrected chi connectivity index (χ1v) is 10.2. The highest BCUT2D eigenvalue weighted by molar-refractivity contribution is 6.42. The molecule has 2 N–H and O–H groups in total. The lowest BCUT2D eigenvalue weighted by Crippen LogP contribution is -2.14. The number of nitrogens with one attached hydrogen (secondary N) is 2. The van der Waals surface area contributed by atoms with Crippen molar-refractivity contribution in [1.82, 2.24) is 0 Å². The molecule has 0 aliphatic heterocycles. The van der Waals surface area contributed by atoms with Crippen molar-refractivity contribution in [2.24, 2.45) is 0 Å². The van der Waals surface area contributed by atoms with Crippen molar-refractivity contribution in [1.29, 1.82) is 0 Å². The van der Waals surface area contributed by atoms with Crippen molar-refractivity contribution < 1.29 is 19.1 Å². The zero-order chi connectivity index (χ0) is 23.1. The standard InChI is InChI=1S/C24H20Cl2N2O4/c1-31-21-14-20(28-24(30)16-6-4-3-5-7-16)22(32-2)13-19(21)27-23(29)11-9-15-8-10-17(25)18(26)12-15/h3-14H,1-2H3,(H,27,29)(H,28,30)/b11-9+. The summed E-state index contributed by atoms with van der Waals surface area (Å²) in [4.78, 5) is 24.9. The largest absolute Gasteiger partial charge is 0.494 e. The number of ether oxygens (including phenoxy) is 2. The summed E-state index contributed by atoms with van der Waals surface area (Å²) < 4.78 is 10.8. The minimum atomic E-state index is -0.391. The van der Waals surface area contributed by atoms with Gasteiger partial charge < -0.3 is 20.1 Å². The van der Waals surface area contributed by atoms with Gasteiger partial charge in [0.1, 0.15) is 11.5 Å². The number of amides is 2. The maximum Gasteiger partial charge on any atom is 0.255 e. The van der Waals surface area contributed by atoms with Crippen LogP contribution in [-0.4, -0.2) is 26.0 Å². The molecule has 164 valence electrons. The highest BCUT2D eigenvalue weighted by atomic mass is 35.5. The molecule has 0 unspecified atom stereocenters. The number of methoxy groups -OCH3 is 2. The zero-order valence-corrected chi connectivity index (χ0v) is 18.8. The van der Waals surface area contributed by atoms with Gasteiger partial charge in [-0.2, -0.15) is 0 Å². The van der Waals surface area contributed by atoms with E-state index >= 15 is 0 Å². The van der Waals surface area contributed by atoms with Gasteiger partial charge in [-0.15, -0.1) is 0 Å². The van der Waals surface area contributed by atoms with Crippen molar-refractivity contribution >= 4 is 52.5 Å². The highest BCUT2D eigenvalue weighted by Crippen LogP contribution is 2.36. The fraction of sp³-hybridized carbons (Fsp3) is 0.0833. The number of carbonyl (C=O) groups is 2. The van der Waals surface area contributed by atoms with Crippen LogP contribution < -0.4 is 20.1 Å². The van der Waals surface area contributed by atoms with Crippen LogP contribution in [0.5, 0.6) is 11.5 Å². The normalized spacial score (nSPS) is 10.6. The van der Waals surface area contributed by atoms with Crippen LogP contribution in [0.4, 0.5) is 11.4 Å². The lowest BCUT2D eigenvalue weighted by Gasteiger charge is -2.16. The van der Waals surface area contributed by atoms with E-state index in [9.17, 15) is 9.59 Å². The van der Waals surface area contributed by atoms with Crippen LogP contribution in [-0.2, 0) is 4.79 Å².